The smallest absolute Gasteiger partial charge is 0.252 e. The van der Waals surface area contributed by atoms with E-state index in [1.165, 1.54) is 11.8 Å². The minimum absolute atomic E-state index is 0.0171. The van der Waals surface area contributed by atoms with Crippen LogP contribution in [-0.2, 0) is 11.3 Å². The van der Waals surface area contributed by atoms with Gasteiger partial charge < -0.3 is 14.6 Å². The molecule has 2 amide bonds. The summed E-state index contributed by atoms with van der Waals surface area (Å²) in [7, 11) is 0. The number of fused-ring (bicyclic) bond motifs is 1. The first kappa shape index (κ1) is 21.8. The fourth-order valence-corrected chi connectivity index (χ4v) is 4.88. The Morgan fingerprint density at radius 1 is 1.15 bits per heavy atom. The van der Waals surface area contributed by atoms with Crippen LogP contribution in [0.4, 0.5) is 0 Å². The number of benzene rings is 1. The summed E-state index contributed by atoms with van der Waals surface area (Å²) in [6, 6.07) is 13.5. The van der Waals surface area contributed by atoms with Gasteiger partial charge in [-0.2, -0.15) is 0 Å². The molecule has 0 aliphatic heterocycles. The van der Waals surface area contributed by atoms with Gasteiger partial charge in [-0.05, 0) is 62.8 Å². The maximum absolute atomic E-state index is 13.3. The first-order chi connectivity index (χ1) is 16.2. The molecule has 0 spiro atoms. The van der Waals surface area contributed by atoms with Gasteiger partial charge in [0.15, 0.2) is 0 Å². The molecule has 170 valence electrons. The van der Waals surface area contributed by atoms with Gasteiger partial charge in [0.05, 0.1) is 34.7 Å². The average Bonchev–Trinajstić information content (AvgIpc) is 3.51. The highest BCUT2D eigenvalue weighted by molar-refractivity contribution is 7.99. The molecule has 2 heterocycles. The molecule has 2 aromatic heterocycles. The summed E-state index contributed by atoms with van der Waals surface area (Å²) in [4.78, 5) is 32.7. The number of rotatable bonds is 8. The maximum Gasteiger partial charge on any atom is 0.252 e. The second-order valence-corrected chi connectivity index (χ2v) is 9.56. The van der Waals surface area contributed by atoms with Crippen molar-refractivity contribution in [3.05, 3.63) is 71.8 Å². The molecule has 6 nitrogen and oxygen atoms in total. The van der Waals surface area contributed by atoms with Crippen LogP contribution in [-0.4, -0.2) is 33.5 Å². The topological polar surface area (TPSA) is 75.4 Å². The molecule has 1 aromatic carbocycles. The van der Waals surface area contributed by atoms with Crippen molar-refractivity contribution in [3.8, 4) is 0 Å². The van der Waals surface area contributed by atoms with Crippen molar-refractivity contribution in [3.63, 3.8) is 0 Å². The zero-order valence-electron chi connectivity index (χ0n) is 18.5. The zero-order chi connectivity index (χ0) is 22.6. The van der Waals surface area contributed by atoms with Crippen LogP contribution in [0.2, 0.25) is 0 Å². The molecule has 0 atom stereocenters. The summed E-state index contributed by atoms with van der Waals surface area (Å²) in [5.41, 5.74) is 2.45. The minimum atomic E-state index is -0.0731. The van der Waals surface area contributed by atoms with E-state index in [9.17, 15) is 9.59 Å². The molecule has 0 unspecified atom stereocenters. The number of thioether (sulfide) groups is 1. The van der Waals surface area contributed by atoms with Gasteiger partial charge in [-0.3, -0.25) is 9.59 Å². The van der Waals surface area contributed by atoms with Crippen molar-refractivity contribution in [2.24, 2.45) is 0 Å². The molecule has 5 rings (SSSR count). The number of pyridine rings is 1. The molecule has 1 saturated carbocycles. The first-order valence-electron chi connectivity index (χ1n) is 11.5. The van der Waals surface area contributed by atoms with Crippen molar-refractivity contribution >= 4 is 34.5 Å². The molecule has 1 N–H and O–H groups in total. The third kappa shape index (κ3) is 5.30. The van der Waals surface area contributed by atoms with E-state index in [4.69, 9.17) is 9.40 Å². The number of nitrogens with one attached hydrogen (secondary N) is 1. The third-order valence-corrected chi connectivity index (χ3v) is 6.90. The number of carbonyl (C=O) groups is 2. The number of para-hydroxylation sites is 1. The summed E-state index contributed by atoms with van der Waals surface area (Å²) < 4.78 is 5.51. The van der Waals surface area contributed by atoms with E-state index in [1.54, 1.807) is 6.26 Å². The summed E-state index contributed by atoms with van der Waals surface area (Å²) in [5.74, 6) is 0.954. The molecule has 0 bridgehead atoms. The van der Waals surface area contributed by atoms with Gasteiger partial charge in [0, 0.05) is 17.1 Å². The zero-order valence-corrected chi connectivity index (χ0v) is 19.3. The summed E-state index contributed by atoms with van der Waals surface area (Å²) in [6.45, 7) is 0.429. The van der Waals surface area contributed by atoms with Crippen molar-refractivity contribution in [1.29, 1.82) is 0 Å². The molecule has 33 heavy (non-hydrogen) atoms. The van der Waals surface area contributed by atoms with Crippen LogP contribution in [0, 0.1) is 0 Å². The highest BCUT2D eigenvalue weighted by Crippen LogP contribution is 2.28. The predicted octanol–water partition coefficient (Wildman–Crippen LogP) is 5.30. The van der Waals surface area contributed by atoms with E-state index in [-0.39, 0.29) is 23.6 Å². The quantitative estimate of drug-likeness (QED) is 0.461. The Kier molecular flexibility index (Phi) is 6.48. The lowest BCUT2D eigenvalue weighted by Gasteiger charge is -2.27. The normalized spacial score (nSPS) is 15.8. The van der Waals surface area contributed by atoms with E-state index in [0.29, 0.717) is 17.1 Å². The molecule has 0 radical (unpaired) electrons. The summed E-state index contributed by atoms with van der Waals surface area (Å²) >= 11 is 1.37. The Balaban J connectivity index is 1.35. The van der Waals surface area contributed by atoms with E-state index >= 15 is 0 Å². The second kappa shape index (κ2) is 9.83. The van der Waals surface area contributed by atoms with Crippen LogP contribution in [0.1, 0.15) is 54.6 Å². The number of furan rings is 1. The Bertz CT molecular complexity index is 1180. The van der Waals surface area contributed by atoms with Gasteiger partial charge in [0.2, 0.25) is 5.91 Å². The number of nitrogens with zero attached hydrogens (tertiary/aromatic N) is 2. The summed E-state index contributed by atoms with van der Waals surface area (Å²) in [5, 5.41) is 4.58. The minimum Gasteiger partial charge on any atom is -0.467 e. The van der Waals surface area contributed by atoms with E-state index in [0.717, 1.165) is 60.9 Å². The fraction of sp³-hybridized carbons (Fsp3) is 0.346. The molecule has 2 aliphatic carbocycles. The number of carbonyl (C=O) groups excluding carboxylic acids is 2. The lowest BCUT2D eigenvalue weighted by atomic mass is 10.0. The lowest BCUT2D eigenvalue weighted by molar-refractivity contribution is -0.127. The van der Waals surface area contributed by atoms with Crippen LogP contribution < -0.4 is 5.32 Å². The number of hydrogen-bond acceptors (Lipinski definition) is 5. The maximum atomic E-state index is 13.3. The van der Waals surface area contributed by atoms with Crippen LogP contribution >= 0.6 is 11.8 Å². The van der Waals surface area contributed by atoms with Gasteiger partial charge in [0.1, 0.15) is 5.76 Å². The Morgan fingerprint density at radius 2 is 2.03 bits per heavy atom. The third-order valence-electron chi connectivity index (χ3n) is 6.00. The number of amides is 2. The summed E-state index contributed by atoms with van der Waals surface area (Å²) in [6.07, 6.45) is 10.0. The number of hydrogen-bond donors (Lipinski definition) is 1. The first-order valence-corrected chi connectivity index (χ1v) is 12.5. The van der Waals surface area contributed by atoms with Crippen LogP contribution in [0.5, 0.6) is 0 Å². The fourth-order valence-electron chi connectivity index (χ4n) is 4.09. The van der Waals surface area contributed by atoms with E-state index in [1.807, 2.05) is 47.4 Å². The molecule has 2 aliphatic rings. The average molecular weight is 462 g/mol. The van der Waals surface area contributed by atoms with Crippen molar-refractivity contribution < 1.29 is 14.0 Å². The molecular formula is C26H27N3O3S. The molecule has 0 saturated heterocycles. The largest absolute Gasteiger partial charge is 0.467 e. The highest BCUT2D eigenvalue weighted by atomic mass is 32.2. The van der Waals surface area contributed by atoms with Gasteiger partial charge in [0.25, 0.3) is 5.91 Å². The van der Waals surface area contributed by atoms with Crippen molar-refractivity contribution in [2.45, 2.75) is 56.1 Å². The van der Waals surface area contributed by atoms with Crippen molar-refractivity contribution in [2.75, 3.05) is 5.75 Å². The van der Waals surface area contributed by atoms with E-state index < -0.39 is 0 Å². The number of aromatic nitrogens is 1. The second-order valence-electron chi connectivity index (χ2n) is 8.56. The van der Waals surface area contributed by atoms with Crippen LogP contribution in [0.3, 0.4) is 0 Å². The van der Waals surface area contributed by atoms with Gasteiger partial charge in [-0.25, -0.2) is 4.98 Å². The Morgan fingerprint density at radius 3 is 2.79 bits per heavy atom. The van der Waals surface area contributed by atoms with Crippen LogP contribution in [0.15, 0.2) is 69.9 Å². The predicted molar refractivity (Wildman–Crippen MR) is 129 cm³/mol. The monoisotopic (exact) mass is 461 g/mol. The van der Waals surface area contributed by atoms with Gasteiger partial charge in [-0.15, -0.1) is 0 Å². The lowest BCUT2D eigenvalue weighted by Crippen LogP contribution is -2.32. The molecular weight excluding hydrogens is 434 g/mol. The standard InChI is InChI=1S/C26H27N3O3S/c30-25(29(16-20-9-6-14-32-20)19-7-2-1-3-8-19)17-33-24-15-22(26(31)27-18-12-13-18)21-10-4-5-11-23(21)28-24/h4-7,9-11,14-15,18H,1-3,8,12-13,16-17H2,(H,27,31). The van der Waals surface area contributed by atoms with Crippen molar-refractivity contribution in [1.82, 2.24) is 15.2 Å². The Labute approximate surface area is 197 Å². The van der Waals surface area contributed by atoms with E-state index in [2.05, 4.69) is 11.4 Å². The van der Waals surface area contributed by atoms with Gasteiger partial charge in [-0.1, -0.05) is 36.0 Å². The molecule has 7 heteroatoms. The highest BCUT2D eigenvalue weighted by Gasteiger charge is 2.25. The Hall–Kier alpha value is -3.06. The number of allylic oxidation sites excluding steroid dienone is 2. The SMILES string of the molecule is O=C(NC1CC1)c1cc(SCC(=O)N(Cc2ccco2)C2=CCCCC2)nc2ccccc12. The molecule has 3 aromatic rings. The van der Waals surface area contributed by atoms with Gasteiger partial charge >= 0.3 is 0 Å². The van der Waals surface area contributed by atoms with Crippen LogP contribution in [0.25, 0.3) is 10.9 Å². The molecule has 1 fully saturated rings.